The zero-order valence-corrected chi connectivity index (χ0v) is 12.8. The minimum atomic E-state index is -0.738. The molecule has 0 saturated carbocycles. The summed E-state index contributed by atoms with van der Waals surface area (Å²) in [5, 5.41) is 4.68. The molecule has 0 bridgehead atoms. The Balaban J connectivity index is 1.90. The standard InChI is InChI=1S/C14H15Cl2N3O2/c15-11-5-4-10(12(16)8-11)9-17-18-13(20)14(21)19-6-2-1-3-7-19/h4-5,8-9H,1-3,6-7H2,(H,18,20)/b17-9+. The Morgan fingerprint density at radius 1 is 1.19 bits per heavy atom. The van der Waals surface area contributed by atoms with Crippen LogP contribution in [0.2, 0.25) is 10.0 Å². The van der Waals surface area contributed by atoms with Gasteiger partial charge in [0.1, 0.15) is 0 Å². The lowest BCUT2D eigenvalue weighted by molar-refractivity contribution is -0.146. The van der Waals surface area contributed by atoms with Gasteiger partial charge in [-0.1, -0.05) is 29.3 Å². The average molecular weight is 328 g/mol. The normalized spacial score (nSPS) is 15.2. The minimum absolute atomic E-state index is 0.419. The van der Waals surface area contributed by atoms with Gasteiger partial charge in [0.05, 0.1) is 11.2 Å². The lowest BCUT2D eigenvalue weighted by Crippen LogP contribution is -2.43. The predicted octanol–water partition coefficient (Wildman–Crippen LogP) is 2.46. The first kappa shape index (κ1) is 15.8. The van der Waals surface area contributed by atoms with Crippen LogP contribution in [0.25, 0.3) is 0 Å². The number of hydrazone groups is 1. The van der Waals surface area contributed by atoms with E-state index in [1.54, 1.807) is 23.1 Å². The molecule has 0 aromatic heterocycles. The number of carbonyl (C=O) groups excluding carboxylic acids is 2. The Morgan fingerprint density at radius 2 is 1.90 bits per heavy atom. The molecule has 0 atom stereocenters. The molecule has 0 aliphatic carbocycles. The number of nitrogens with zero attached hydrogens (tertiary/aromatic N) is 2. The summed E-state index contributed by atoms with van der Waals surface area (Å²) in [6, 6.07) is 4.91. The predicted molar refractivity (Wildman–Crippen MR) is 82.6 cm³/mol. The number of hydrogen-bond donors (Lipinski definition) is 1. The van der Waals surface area contributed by atoms with Gasteiger partial charge in [0, 0.05) is 23.7 Å². The maximum absolute atomic E-state index is 11.8. The molecule has 1 heterocycles. The van der Waals surface area contributed by atoms with Crippen LogP contribution in [0.15, 0.2) is 23.3 Å². The molecule has 7 heteroatoms. The van der Waals surface area contributed by atoms with Crippen LogP contribution in [0.1, 0.15) is 24.8 Å². The van der Waals surface area contributed by atoms with Gasteiger partial charge < -0.3 is 4.90 Å². The molecule has 0 radical (unpaired) electrons. The van der Waals surface area contributed by atoms with Crippen molar-refractivity contribution in [2.75, 3.05) is 13.1 Å². The second-order valence-electron chi connectivity index (χ2n) is 4.72. The number of rotatable bonds is 2. The molecule has 2 rings (SSSR count). The Hall–Kier alpha value is -1.59. The summed E-state index contributed by atoms with van der Waals surface area (Å²) in [4.78, 5) is 25.1. The van der Waals surface area contributed by atoms with Gasteiger partial charge in [0.2, 0.25) is 0 Å². The van der Waals surface area contributed by atoms with Crippen LogP contribution >= 0.6 is 23.2 Å². The smallest absolute Gasteiger partial charge is 0.329 e. The largest absolute Gasteiger partial charge is 0.334 e. The van der Waals surface area contributed by atoms with Gasteiger partial charge in [-0.15, -0.1) is 0 Å². The van der Waals surface area contributed by atoms with E-state index in [-0.39, 0.29) is 0 Å². The van der Waals surface area contributed by atoms with Crippen molar-refractivity contribution in [3.8, 4) is 0 Å². The van der Waals surface area contributed by atoms with Crippen molar-refractivity contribution >= 4 is 41.2 Å². The summed E-state index contributed by atoms with van der Waals surface area (Å²) >= 11 is 11.7. The molecule has 21 heavy (non-hydrogen) atoms. The highest BCUT2D eigenvalue weighted by molar-refractivity contribution is 6.36. The molecule has 2 amide bonds. The zero-order chi connectivity index (χ0) is 15.2. The van der Waals surface area contributed by atoms with Crippen molar-refractivity contribution in [3.05, 3.63) is 33.8 Å². The third-order valence-corrected chi connectivity index (χ3v) is 3.73. The summed E-state index contributed by atoms with van der Waals surface area (Å²) < 4.78 is 0. The fourth-order valence-corrected chi connectivity index (χ4v) is 2.51. The van der Waals surface area contributed by atoms with E-state index in [0.717, 1.165) is 19.3 Å². The first-order chi connectivity index (χ1) is 10.1. The number of carbonyl (C=O) groups is 2. The first-order valence-corrected chi connectivity index (χ1v) is 7.41. The van der Waals surface area contributed by atoms with E-state index in [1.807, 2.05) is 0 Å². The molecule has 1 aliphatic rings. The fraction of sp³-hybridized carbons (Fsp3) is 0.357. The Morgan fingerprint density at radius 3 is 2.57 bits per heavy atom. The number of halogens is 2. The SMILES string of the molecule is O=C(N/N=C/c1ccc(Cl)cc1Cl)C(=O)N1CCCCC1. The van der Waals surface area contributed by atoms with Gasteiger partial charge in [-0.05, 0) is 31.4 Å². The van der Waals surface area contributed by atoms with E-state index in [2.05, 4.69) is 10.5 Å². The lowest BCUT2D eigenvalue weighted by atomic mass is 10.1. The molecular weight excluding hydrogens is 313 g/mol. The molecule has 1 fully saturated rings. The summed E-state index contributed by atoms with van der Waals surface area (Å²) in [5.74, 6) is -1.28. The van der Waals surface area contributed by atoms with Crippen LogP contribution in [0.5, 0.6) is 0 Å². The van der Waals surface area contributed by atoms with Crippen molar-refractivity contribution in [2.24, 2.45) is 5.10 Å². The van der Waals surface area contributed by atoms with Crippen molar-refractivity contribution in [1.82, 2.24) is 10.3 Å². The molecule has 1 aromatic rings. The number of benzene rings is 1. The highest BCUT2D eigenvalue weighted by atomic mass is 35.5. The number of nitrogens with one attached hydrogen (secondary N) is 1. The maximum Gasteiger partial charge on any atom is 0.329 e. The molecule has 1 aliphatic heterocycles. The van der Waals surface area contributed by atoms with Crippen molar-refractivity contribution in [3.63, 3.8) is 0 Å². The van der Waals surface area contributed by atoms with Crippen LogP contribution in [-0.2, 0) is 9.59 Å². The molecule has 1 N–H and O–H groups in total. The molecular formula is C14H15Cl2N3O2. The van der Waals surface area contributed by atoms with Gasteiger partial charge in [-0.3, -0.25) is 9.59 Å². The summed E-state index contributed by atoms with van der Waals surface area (Å²) in [6.07, 6.45) is 4.34. The van der Waals surface area contributed by atoms with Gasteiger partial charge in [-0.25, -0.2) is 5.43 Å². The van der Waals surface area contributed by atoms with Crippen LogP contribution in [-0.4, -0.2) is 36.0 Å². The number of piperidine rings is 1. The molecule has 112 valence electrons. The number of likely N-dealkylation sites (tertiary alicyclic amines) is 1. The quantitative estimate of drug-likeness (QED) is 0.515. The number of hydrogen-bond acceptors (Lipinski definition) is 3. The van der Waals surface area contributed by atoms with Gasteiger partial charge >= 0.3 is 11.8 Å². The highest BCUT2D eigenvalue weighted by Gasteiger charge is 2.22. The fourth-order valence-electron chi connectivity index (χ4n) is 2.06. The van der Waals surface area contributed by atoms with Crippen LogP contribution in [0, 0.1) is 0 Å². The van der Waals surface area contributed by atoms with E-state index in [0.29, 0.717) is 28.7 Å². The Bertz CT molecular complexity index is 569. The van der Waals surface area contributed by atoms with Gasteiger partial charge in [0.25, 0.3) is 0 Å². The molecule has 1 aromatic carbocycles. The number of amides is 2. The van der Waals surface area contributed by atoms with Crippen molar-refractivity contribution in [2.45, 2.75) is 19.3 Å². The molecule has 0 spiro atoms. The third kappa shape index (κ3) is 4.44. The zero-order valence-electron chi connectivity index (χ0n) is 11.3. The maximum atomic E-state index is 11.8. The van der Waals surface area contributed by atoms with E-state index in [1.165, 1.54) is 6.21 Å². The Labute approximate surface area is 132 Å². The molecule has 1 saturated heterocycles. The van der Waals surface area contributed by atoms with E-state index >= 15 is 0 Å². The third-order valence-electron chi connectivity index (χ3n) is 3.17. The second kappa shape index (κ2) is 7.43. The average Bonchev–Trinajstić information content (AvgIpc) is 2.49. The topological polar surface area (TPSA) is 61.8 Å². The second-order valence-corrected chi connectivity index (χ2v) is 5.56. The van der Waals surface area contributed by atoms with E-state index in [4.69, 9.17) is 23.2 Å². The summed E-state index contributed by atoms with van der Waals surface area (Å²) in [5.41, 5.74) is 2.82. The van der Waals surface area contributed by atoms with Crippen molar-refractivity contribution < 1.29 is 9.59 Å². The van der Waals surface area contributed by atoms with Gasteiger partial charge in [0.15, 0.2) is 0 Å². The monoisotopic (exact) mass is 327 g/mol. The van der Waals surface area contributed by atoms with Crippen LogP contribution in [0.4, 0.5) is 0 Å². The van der Waals surface area contributed by atoms with Crippen LogP contribution < -0.4 is 5.43 Å². The van der Waals surface area contributed by atoms with Gasteiger partial charge in [-0.2, -0.15) is 5.10 Å². The molecule has 5 nitrogen and oxygen atoms in total. The van der Waals surface area contributed by atoms with Crippen molar-refractivity contribution in [1.29, 1.82) is 0 Å². The van der Waals surface area contributed by atoms with E-state index < -0.39 is 11.8 Å². The molecule has 0 unspecified atom stereocenters. The summed E-state index contributed by atoms with van der Waals surface area (Å²) in [7, 11) is 0. The summed E-state index contributed by atoms with van der Waals surface area (Å²) in [6.45, 7) is 1.25. The Kier molecular flexibility index (Phi) is 5.59. The minimum Gasteiger partial charge on any atom is -0.334 e. The highest BCUT2D eigenvalue weighted by Crippen LogP contribution is 2.19. The van der Waals surface area contributed by atoms with Crippen LogP contribution in [0.3, 0.4) is 0 Å². The van der Waals surface area contributed by atoms with E-state index in [9.17, 15) is 9.59 Å². The lowest BCUT2D eigenvalue weighted by Gasteiger charge is -2.25. The first-order valence-electron chi connectivity index (χ1n) is 6.65.